The molecule has 0 aliphatic carbocycles. The Labute approximate surface area is 661 Å². The summed E-state index contributed by atoms with van der Waals surface area (Å²) in [5.41, 5.74) is -0.528. The van der Waals surface area contributed by atoms with Crippen molar-refractivity contribution in [3.8, 4) is 0 Å². The SMILES string of the molecule is C[C@H]1O[C@H](c2cn(C[C@H]3O[C@H](c4cn(C[C@H]5O[C@H](c6cn(C[C@H]7O[C@H](c8cn(C[C@H]9O[C@H](c%10cn(C[C@H]%11O[C@H](c%12cn(C[C@H]%13O[C@H](c%14cn(C[C@H]%15O[C@H](CCO)[C@@H](O)[C@@H](O)[C@@H]%15O)nn%14)[C@@H](O)[C@@H](O)[C@@H]%13O)nn%12)[C@@H](O)[C@@H](O)[C@@H]%11O)nn%10)[C@@H](O)[C@@H](O)[C@@H]9O)nn8)[C@@H](O)[C@@H](O)[C@@H]7O)nn6)[C@@H](O)[C@@H](O)[C@@H]5O)nn4)[C@@H](O)[C@@H](O)[C@@H]3O)nn2)[C@@H](O)[C@@H](O)[C@@H]1O. The van der Waals surface area contributed by atoms with Gasteiger partial charge in [-0.1, -0.05) is 36.5 Å². The summed E-state index contributed by atoms with van der Waals surface area (Å²) in [4.78, 5) is 0. The van der Waals surface area contributed by atoms with Gasteiger partial charge in [0.15, 0.2) is 0 Å². The molecule has 25 N–H and O–H groups in total. The molecule has 8 saturated heterocycles. The van der Waals surface area contributed by atoms with Gasteiger partial charge in [-0.05, 0) is 13.3 Å². The molecule has 652 valence electrons. The number of aliphatic hydroxyl groups excluding tert-OH is 25. The minimum atomic E-state index is -1.90. The second-order valence-corrected chi connectivity index (χ2v) is 30.9. The Morgan fingerprint density at radius 1 is 0.212 bits per heavy atom. The van der Waals surface area contributed by atoms with E-state index in [1.165, 1.54) is 59.7 Å². The summed E-state index contributed by atoms with van der Waals surface area (Å²) in [6.45, 7) is -1.38. The number of aliphatic hydroxyl groups is 25. The van der Waals surface area contributed by atoms with E-state index in [1.807, 2.05) is 0 Å². The maximum atomic E-state index is 11.3. The van der Waals surface area contributed by atoms with Crippen LogP contribution in [0, 0.1) is 0 Å². The van der Waals surface area contributed by atoms with E-state index in [0.717, 1.165) is 23.4 Å². The van der Waals surface area contributed by atoms with E-state index in [0.29, 0.717) is 0 Å². The summed E-state index contributed by atoms with van der Waals surface area (Å²) in [6, 6.07) is 0. The lowest BCUT2D eigenvalue weighted by molar-refractivity contribution is -0.230. The lowest BCUT2D eigenvalue weighted by Crippen LogP contribution is -2.58. The summed E-state index contributed by atoms with van der Waals surface area (Å²) >= 11 is 0. The highest BCUT2D eigenvalue weighted by atomic mass is 16.6. The molecule has 0 aromatic carbocycles. The molecular formula is C64H93N21O33. The molecule has 8 fully saturated rings. The average Bonchev–Trinajstić information content (AvgIpc) is 1.70. The van der Waals surface area contributed by atoms with Gasteiger partial charge in [0.25, 0.3) is 0 Å². The Kier molecular flexibility index (Phi) is 25.3. The van der Waals surface area contributed by atoms with Crippen LogP contribution in [-0.4, -0.2) is 441 Å². The number of hydrogen-bond acceptors (Lipinski definition) is 47. The van der Waals surface area contributed by atoms with Gasteiger partial charge in [-0.2, -0.15) is 0 Å². The molecule has 0 radical (unpaired) electrons. The van der Waals surface area contributed by atoms with Gasteiger partial charge in [0.1, 0.15) is 272 Å². The van der Waals surface area contributed by atoms with Crippen molar-refractivity contribution in [1.82, 2.24) is 105 Å². The molecule has 8 aliphatic rings. The Bertz CT molecular complexity index is 4450. The van der Waals surface area contributed by atoms with Crippen LogP contribution in [0.5, 0.6) is 0 Å². The van der Waals surface area contributed by atoms with E-state index >= 15 is 0 Å². The molecule has 0 bridgehead atoms. The van der Waals surface area contributed by atoms with Crippen LogP contribution in [0.2, 0.25) is 0 Å². The first kappa shape index (κ1) is 85.6. The van der Waals surface area contributed by atoms with Crippen LogP contribution >= 0.6 is 0 Å². The number of rotatable bonds is 23. The van der Waals surface area contributed by atoms with E-state index in [4.69, 9.17) is 37.9 Å². The summed E-state index contributed by atoms with van der Waals surface area (Å²) < 4.78 is 55.8. The zero-order valence-electron chi connectivity index (χ0n) is 61.8. The molecule has 7 aromatic rings. The van der Waals surface area contributed by atoms with Gasteiger partial charge in [0, 0.05) is 6.61 Å². The van der Waals surface area contributed by atoms with E-state index in [9.17, 15) is 128 Å². The van der Waals surface area contributed by atoms with Crippen molar-refractivity contribution < 1.29 is 166 Å². The van der Waals surface area contributed by atoms with Crippen LogP contribution in [0.15, 0.2) is 43.4 Å². The van der Waals surface area contributed by atoms with Crippen LogP contribution in [0.1, 0.15) is 95.9 Å². The average molecular weight is 1680 g/mol. The molecule has 54 heteroatoms. The normalized spacial score (nSPS) is 43.4. The number of ether oxygens (including phenoxy) is 8. The first-order valence-electron chi connectivity index (χ1n) is 37.7. The molecule has 40 atom stereocenters. The summed E-state index contributed by atoms with van der Waals surface area (Å²) in [7, 11) is 0. The molecule has 8 aliphatic heterocycles. The third-order valence-electron chi connectivity index (χ3n) is 22.9. The van der Waals surface area contributed by atoms with Crippen LogP contribution in [0.3, 0.4) is 0 Å². The van der Waals surface area contributed by atoms with Gasteiger partial charge in [0.2, 0.25) is 0 Å². The van der Waals surface area contributed by atoms with Crippen LogP contribution in [0.25, 0.3) is 0 Å². The summed E-state index contributed by atoms with van der Waals surface area (Å²) in [6.07, 6.45) is -54.3. The molecular weight excluding hydrogens is 1590 g/mol. The molecule has 15 heterocycles. The number of aromatic nitrogens is 21. The monoisotopic (exact) mass is 1680 g/mol. The van der Waals surface area contributed by atoms with Gasteiger partial charge >= 0.3 is 0 Å². The predicted octanol–water partition coefficient (Wildman–Crippen LogP) is -17.1. The highest BCUT2D eigenvalue weighted by molar-refractivity contribution is 5.15. The van der Waals surface area contributed by atoms with E-state index < -0.39 is 264 Å². The van der Waals surface area contributed by atoms with E-state index in [-0.39, 0.29) is 79.1 Å². The van der Waals surface area contributed by atoms with Crippen molar-refractivity contribution in [2.24, 2.45) is 0 Å². The van der Waals surface area contributed by atoms with Gasteiger partial charge in [0.05, 0.1) is 101 Å². The first-order valence-corrected chi connectivity index (χ1v) is 37.7. The lowest BCUT2D eigenvalue weighted by Gasteiger charge is -2.40. The first-order chi connectivity index (χ1) is 56.2. The van der Waals surface area contributed by atoms with Gasteiger partial charge in [-0.15, -0.1) is 35.7 Å². The zero-order valence-corrected chi connectivity index (χ0v) is 61.8. The Morgan fingerprint density at radius 2 is 0.373 bits per heavy atom. The molecule has 0 unspecified atom stereocenters. The van der Waals surface area contributed by atoms with Gasteiger partial charge < -0.3 is 166 Å². The van der Waals surface area contributed by atoms with Crippen molar-refractivity contribution in [3.05, 3.63) is 83.2 Å². The Balaban J connectivity index is 0.546. The third kappa shape index (κ3) is 16.7. The second-order valence-electron chi connectivity index (χ2n) is 30.9. The maximum Gasteiger partial charge on any atom is 0.132 e. The highest BCUT2D eigenvalue weighted by Gasteiger charge is 2.54. The van der Waals surface area contributed by atoms with Crippen molar-refractivity contribution in [2.45, 2.75) is 303 Å². The molecule has 15 rings (SSSR count). The molecule has 54 nitrogen and oxygen atoms in total. The quantitative estimate of drug-likeness (QED) is 0.0283. The fraction of sp³-hybridized carbons (Fsp3) is 0.781. The molecule has 118 heavy (non-hydrogen) atoms. The van der Waals surface area contributed by atoms with Crippen LogP contribution < -0.4 is 0 Å². The minimum absolute atomic E-state index is 0.0413. The standard InChI is InChI=1S/C64H93N21O33/c1-18-34(87)43(96)51(104)58(111-18)19-4-80(72-65-19)12-28-37(90)45(98)53(106)60(113-28)21-6-82(74-67-21)14-30-39(92)47(100)55(108)62(115-30)23-8-84(76-69-23)16-32-41(94)49(102)57(110)64(117-32)25-10-85(78-71-25)17-33-42(95)50(103)56(109)63(118-33)24-9-83(77-70-24)15-31-40(93)48(101)54(107)61(116-31)22-7-81(75-68-22)13-29-38(91)46(99)52(105)59(114-29)20-5-79(73-66-20)11-27-36(89)44(97)35(88)26(112-27)2-3-86/h4-10,18,26-64,86-110H,2-3,11-17H2,1H3/t18-,26-,27-,28-,29-,30-,31-,32-,33-,34-,35-,36-,37-,38-,39-,40-,41-,42-,43+,44-,45+,46+,47+,48+,49+,50+,51+,52+,53+,54+,55+,56+,57+,58-,59-,60-,61-,62-,63-,64-/m1/s1. The molecule has 0 amide bonds. The highest BCUT2D eigenvalue weighted by Crippen LogP contribution is 2.41. The Morgan fingerprint density at radius 3 is 0.568 bits per heavy atom. The number of nitrogens with zero attached hydrogens (tertiary/aromatic N) is 21. The smallest absolute Gasteiger partial charge is 0.132 e. The van der Waals surface area contributed by atoms with E-state index in [1.54, 1.807) is 0 Å². The van der Waals surface area contributed by atoms with Gasteiger partial charge in [-0.3, -0.25) is 0 Å². The second kappa shape index (κ2) is 34.9. The van der Waals surface area contributed by atoms with Gasteiger partial charge in [-0.25, -0.2) is 32.8 Å². The topological polar surface area (TPSA) is 795 Å². The van der Waals surface area contributed by atoms with Crippen LogP contribution in [-0.2, 0) is 83.7 Å². The molecule has 0 spiro atoms. The lowest BCUT2D eigenvalue weighted by atomic mass is 9.93. The maximum absolute atomic E-state index is 11.3. The minimum Gasteiger partial charge on any atom is -0.396 e. The van der Waals surface area contributed by atoms with Crippen molar-refractivity contribution in [2.75, 3.05) is 6.61 Å². The third-order valence-corrected chi connectivity index (χ3v) is 22.9. The van der Waals surface area contributed by atoms with Crippen molar-refractivity contribution in [3.63, 3.8) is 0 Å². The largest absolute Gasteiger partial charge is 0.396 e. The fourth-order valence-electron chi connectivity index (χ4n) is 15.9. The Hall–Kier alpha value is -7.34. The van der Waals surface area contributed by atoms with Crippen molar-refractivity contribution in [1.29, 1.82) is 0 Å². The number of hydrogen-bond donors (Lipinski definition) is 25. The summed E-state index contributed by atoms with van der Waals surface area (Å²) in [5, 5.41) is 329. The zero-order chi connectivity index (χ0) is 84.0. The van der Waals surface area contributed by atoms with Crippen LogP contribution in [0.4, 0.5) is 0 Å². The summed E-state index contributed by atoms with van der Waals surface area (Å²) in [5.74, 6) is 0. The van der Waals surface area contributed by atoms with E-state index in [2.05, 4.69) is 72.2 Å². The predicted molar refractivity (Wildman–Crippen MR) is 364 cm³/mol. The fourth-order valence-corrected chi connectivity index (χ4v) is 15.9. The molecule has 7 aromatic heterocycles. The van der Waals surface area contributed by atoms with Crippen molar-refractivity contribution >= 4 is 0 Å². The molecule has 0 saturated carbocycles.